The summed E-state index contributed by atoms with van der Waals surface area (Å²) in [6.07, 6.45) is 2.98. The summed E-state index contributed by atoms with van der Waals surface area (Å²) < 4.78 is 11.1. The lowest BCUT2D eigenvalue weighted by Gasteiger charge is -2.42. The van der Waals surface area contributed by atoms with Crippen LogP contribution in [0.5, 0.6) is 5.75 Å². The highest BCUT2D eigenvalue weighted by atomic mass is 35.5. The van der Waals surface area contributed by atoms with Gasteiger partial charge in [0.15, 0.2) is 0 Å². The molecule has 26 heavy (non-hydrogen) atoms. The first kappa shape index (κ1) is 17.4. The van der Waals surface area contributed by atoms with Crippen molar-refractivity contribution in [2.24, 2.45) is 10.4 Å². The van der Waals surface area contributed by atoms with E-state index in [1.165, 1.54) is 5.56 Å². The molecule has 2 aliphatic heterocycles. The molecule has 5 heteroatoms. The molecular formula is C21H23ClN2O2. The van der Waals surface area contributed by atoms with Crippen LogP contribution in [0.15, 0.2) is 47.5 Å². The summed E-state index contributed by atoms with van der Waals surface area (Å²) in [6.45, 7) is 2.10. The second-order valence-corrected chi connectivity index (χ2v) is 7.36. The molecule has 0 bridgehead atoms. The number of benzene rings is 2. The Hall–Kier alpha value is -2.04. The van der Waals surface area contributed by atoms with E-state index in [1.807, 2.05) is 18.2 Å². The highest BCUT2D eigenvalue weighted by molar-refractivity contribution is 6.32. The molecule has 0 aliphatic carbocycles. The minimum absolute atomic E-state index is 0.0262. The van der Waals surface area contributed by atoms with Gasteiger partial charge in [-0.25, -0.2) is 0 Å². The third kappa shape index (κ3) is 3.19. The van der Waals surface area contributed by atoms with Gasteiger partial charge in [-0.15, -0.1) is 0 Å². The smallest absolute Gasteiger partial charge is 0.142 e. The first-order valence-corrected chi connectivity index (χ1v) is 9.39. The highest BCUT2D eigenvalue weighted by Crippen LogP contribution is 2.42. The van der Waals surface area contributed by atoms with Crippen LogP contribution in [-0.2, 0) is 17.7 Å². The lowest BCUT2D eigenvalue weighted by atomic mass is 9.71. The maximum Gasteiger partial charge on any atom is 0.142 e. The van der Waals surface area contributed by atoms with Gasteiger partial charge < -0.3 is 14.8 Å². The van der Waals surface area contributed by atoms with Gasteiger partial charge in [-0.05, 0) is 37.0 Å². The minimum Gasteiger partial charge on any atom is -0.495 e. The quantitative estimate of drug-likeness (QED) is 0.850. The first-order chi connectivity index (χ1) is 12.7. The number of nitrogens with zero attached hydrogens (tertiary/aromatic N) is 1. The van der Waals surface area contributed by atoms with Crippen molar-refractivity contribution in [1.82, 2.24) is 0 Å². The zero-order valence-corrected chi connectivity index (χ0v) is 15.7. The molecule has 4 rings (SSSR count). The Morgan fingerprint density at radius 2 is 1.96 bits per heavy atom. The highest BCUT2D eigenvalue weighted by Gasteiger charge is 2.41. The number of hydrogen-bond acceptors (Lipinski definition) is 3. The molecule has 0 radical (unpaired) electrons. The van der Waals surface area contributed by atoms with E-state index in [9.17, 15) is 0 Å². The van der Waals surface area contributed by atoms with E-state index < -0.39 is 0 Å². The van der Waals surface area contributed by atoms with Crippen molar-refractivity contribution < 1.29 is 9.47 Å². The minimum atomic E-state index is 0.0262. The normalized spacial score (nSPS) is 19.8. The summed E-state index contributed by atoms with van der Waals surface area (Å²) >= 11 is 6.25. The Balaban J connectivity index is 1.69. The molecule has 1 fully saturated rings. The second-order valence-electron chi connectivity index (χ2n) is 6.95. The van der Waals surface area contributed by atoms with Crippen molar-refractivity contribution in [3.63, 3.8) is 0 Å². The molecule has 0 aromatic heterocycles. The largest absolute Gasteiger partial charge is 0.495 e. The lowest BCUT2D eigenvalue weighted by Crippen LogP contribution is -2.45. The van der Waals surface area contributed by atoms with Gasteiger partial charge in [0.2, 0.25) is 0 Å². The van der Waals surface area contributed by atoms with Crippen molar-refractivity contribution >= 4 is 23.1 Å². The Kier molecular flexibility index (Phi) is 4.88. The van der Waals surface area contributed by atoms with Crippen molar-refractivity contribution in [2.45, 2.75) is 25.8 Å². The van der Waals surface area contributed by atoms with E-state index in [2.05, 4.69) is 29.6 Å². The molecule has 1 saturated heterocycles. The van der Waals surface area contributed by atoms with E-state index in [1.54, 1.807) is 7.11 Å². The van der Waals surface area contributed by atoms with Crippen molar-refractivity contribution in [3.05, 3.63) is 58.6 Å². The zero-order valence-electron chi connectivity index (χ0n) is 14.9. The monoisotopic (exact) mass is 370 g/mol. The van der Waals surface area contributed by atoms with E-state index in [4.69, 9.17) is 26.1 Å². The van der Waals surface area contributed by atoms with Crippen LogP contribution in [0.2, 0.25) is 5.02 Å². The van der Waals surface area contributed by atoms with Gasteiger partial charge in [0.25, 0.3) is 0 Å². The third-order valence-corrected chi connectivity index (χ3v) is 5.71. The van der Waals surface area contributed by atoms with E-state index >= 15 is 0 Å². The SMILES string of the molecule is COc1c(Cl)cccc1CN=C1Nc2ccccc2CC12CCOCC2. The van der Waals surface area contributed by atoms with Crippen molar-refractivity contribution in [3.8, 4) is 5.75 Å². The molecule has 2 aliphatic rings. The number of ether oxygens (including phenoxy) is 2. The fourth-order valence-electron chi connectivity index (χ4n) is 3.96. The van der Waals surface area contributed by atoms with Gasteiger partial charge in [-0.2, -0.15) is 0 Å². The summed E-state index contributed by atoms with van der Waals surface area (Å²) in [5.74, 6) is 1.76. The topological polar surface area (TPSA) is 42.8 Å². The van der Waals surface area contributed by atoms with Crippen LogP contribution >= 0.6 is 11.6 Å². The maximum absolute atomic E-state index is 6.25. The van der Waals surface area contributed by atoms with Gasteiger partial charge in [0.1, 0.15) is 11.6 Å². The van der Waals surface area contributed by atoms with Crippen LogP contribution in [0.4, 0.5) is 5.69 Å². The number of rotatable bonds is 3. The summed E-state index contributed by atoms with van der Waals surface area (Å²) in [4.78, 5) is 4.99. The molecule has 2 aromatic carbocycles. The lowest BCUT2D eigenvalue weighted by molar-refractivity contribution is 0.0448. The molecule has 4 nitrogen and oxygen atoms in total. The predicted molar refractivity (Wildman–Crippen MR) is 105 cm³/mol. The number of anilines is 1. The van der Waals surface area contributed by atoms with Gasteiger partial charge in [0.05, 0.1) is 18.7 Å². The van der Waals surface area contributed by atoms with Crippen LogP contribution in [0.3, 0.4) is 0 Å². The summed E-state index contributed by atoms with van der Waals surface area (Å²) in [7, 11) is 1.65. The fraction of sp³-hybridized carbons (Fsp3) is 0.381. The van der Waals surface area contributed by atoms with E-state index in [0.29, 0.717) is 17.3 Å². The van der Waals surface area contributed by atoms with E-state index in [0.717, 1.165) is 49.6 Å². The molecule has 0 saturated carbocycles. The van der Waals surface area contributed by atoms with Crippen LogP contribution in [0, 0.1) is 5.41 Å². The number of aliphatic imine (C=N–C) groups is 1. The predicted octanol–water partition coefficient (Wildman–Crippen LogP) is 4.71. The Morgan fingerprint density at radius 3 is 2.77 bits per heavy atom. The van der Waals surface area contributed by atoms with Gasteiger partial charge in [-0.3, -0.25) is 4.99 Å². The van der Waals surface area contributed by atoms with Gasteiger partial charge >= 0.3 is 0 Å². The van der Waals surface area contributed by atoms with Gasteiger partial charge in [-0.1, -0.05) is 41.9 Å². The second kappa shape index (κ2) is 7.29. The number of halogens is 1. The number of para-hydroxylation sites is 2. The van der Waals surface area contributed by atoms with Gasteiger partial charge in [0, 0.05) is 29.9 Å². The Morgan fingerprint density at radius 1 is 1.15 bits per heavy atom. The van der Waals surface area contributed by atoms with Crippen molar-refractivity contribution in [1.29, 1.82) is 0 Å². The summed E-state index contributed by atoms with van der Waals surface area (Å²) in [5.41, 5.74) is 3.53. The van der Waals surface area contributed by atoms with E-state index in [-0.39, 0.29) is 5.41 Å². The molecule has 0 unspecified atom stereocenters. The number of methoxy groups -OCH3 is 1. The number of amidine groups is 1. The third-order valence-electron chi connectivity index (χ3n) is 5.41. The van der Waals surface area contributed by atoms with Crippen LogP contribution in [0.1, 0.15) is 24.0 Å². The number of nitrogens with one attached hydrogen (secondary N) is 1. The number of hydrogen-bond donors (Lipinski definition) is 1. The zero-order chi connectivity index (χ0) is 18.0. The Labute approximate surface area is 159 Å². The average Bonchev–Trinajstić information content (AvgIpc) is 2.67. The molecule has 1 spiro atoms. The molecule has 136 valence electrons. The Bertz CT molecular complexity index is 829. The summed E-state index contributed by atoms with van der Waals surface area (Å²) in [5, 5.41) is 4.22. The number of fused-ring (bicyclic) bond motifs is 1. The maximum atomic E-state index is 6.25. The van der Waals surface area contributed by atoms with Crippen LogP contribution in [0.25, 0.3) is 0 Å². The molecular weight excluding hydrogens is 348 g/mol. The molecule has 2 aromatic rings. The van der Waals surface area contributed by atoms with Crippen LogP contribution < -0.4 is 10.1 Å². The molecule has 2 heterocycles. The summed E-state index contributed by atoms with van der Waals surface area (Å²) in [6, 6.07) is 14.3. The fourth-order valence-corrected chi connectivity index (χ4v) is 4.23. The van der Waals surface area contributed by atoms with Crippen molar-refractivity contribution in [2.75, 3.05) is 25.6 Å². The van der Waals surface area contributed by atoms with Crippen LogP contribution in [-0.4, -0.2) is 26.2 Å². The average molecular weight is 371 g/mol. The molecule has 1 N–H and O–H groups in total. The molecule has 0 atom stereocenters. The molecule has 0 amide bonds. The first-order valence-electron chi connectivity index (χ1n) is 9.01. The standard InChI is InChI=1S/C21H23ClN2O2/c1-25-19-16(6-4-7-17(19)22)14-23-20-21(9-11-26-12-10-21)13-15-5-2-3-8-18(15)24-20/h2-8H,9-14H2,1H3,(H,23,24).